The Balaban J connectivity index is 1.79. The number of nitrogens with one attached hydrogen (secondary N) is 1. The summed E-state index contributed by atoms with van der Waals surface area (Å²) in [6, 6.07) is 7.53. The maximum Gasteiger partial charge on any atom is 0.211 e. The second kappa shape index (κ2) is 6.31. The number of aromatic amines is 1. The lowest BCUT2D eigenvalue weighted by Gasteiger charge is -2.36. The number of ketones is 1. The lowest BCUT2D eigenvalue weighted by atomic mass is 10.0. The Labute approximate surface area is 142 Å². The van der Waals surface area contributed by atoms with Crippen molar-refractivity contribution < 1.29 is 13.2 Å². The molecule has 6 nitrogen and oxygen atoms in total. The highest BCUT2D eigenvalue weighted by atomic mass is 32.2. The normalized spacial score (nSPS) is 18.8. The van der Waals surface area contributed by atoms with Crippen molar-refractivity contribution in [2.45, 2.75) is 19.9 Å². The number of nitrogens with zero attached hydrogens (tertiary/aromatic N) is 2. The van der Waals surface area contributed by atoms with Gasteiger partial charge in [-0.2, -0.15) is 4.31 Å². The van der Waals surface area contributed by atoms with Crippen molar-refractivity contribution in [2.75, 3.05) is 32.4 Å². The molecule has 7 heteroatoms. The fourth-order valence-electron chi connectivity index (χ4n) is 3.39. The van der Waals surface area contributed by atoms with Crippen molar-refractivity contribution in [2.24, 2.45) is 0 Å². The van der Waals surface area contributed by atoms with Crippen LogP contribution < -0.4 is 0 Å². The number of carbonyl (C=O) groups is 1. The summed E-state index contributed by atoms with van der Waals surface area (Å²) >= 11 is 0. The molecule has 0 unspecified atom stereocenters. The van der Waals surface area contributed by atoms with Crippen LogP contribution in [-0.2, 0) is 10.0 Å². The SMILES string of the molecule is Cc1[nH]c2ccccc2c1C(=O)[C@H](C)N1CCN(S(C)(=O)=O)CC1. The van der Waals surface area contributed by atoms with Gasteiger partial charge in [-0.05, 0) is 19.9 Å². The van der Waals surface area contributed by atoms with Crippen LogP contribution in [0.2, 0.25) is 0 Å². The van der Waals surface area contributed by atoms with Gasteiger partial charge >= 0.3 is 0 Å². The summed E-state index contributed by atoms with van der Waals surface area (Å²) in [6.45, 7) is 5.83. The molecule has 0 radical (unpaired) electrons. The van der Waals surface area contributed by atoms with E-state index in [1.54, 1.807) is 0 Å². The standard InChI is InChI=1S/C17H23N3O3S/c1-12-16(14-6-4-5-7-15(14)18-12)17(21)13(2)19-8-10-20(11-9-19)24(3,22)23/h4-7,13,18H,8-11H2,1-3H3/t13-/m0/s1. The number of rotatable bonds is 4. The molecule has 24 heavy (non-hydrogen) atoms. The molecular formula is C17H23N3O3S. The van der Waals surface area contributed by atoms with Gasteiger partial charge in [0.25, 0.3) is 0 Å². The van der Waals surface area contributed by atoms with Crippen LogP contribution in [0, 0.1) is 6.92 Å². The van der Waals surface area contributed by atoms with Crippen LogP contribution in [0.5, 0.6) is 0 Å². The Kier molecular flexibility index (Phi) is 4.50. The smallest absolute Gasteiger partial charge is 0.211 e. The second-order valence-corrected chi connectivity index (χ2v) is 8.39. The van der Waals surface area contributed by atoms with E-state index in [0.717, 1.165) is 22.2 Å². The molecular weight excluding hydrogens is 326 g/mol. The summed E-state index contributed by atoms with van der Waals surface area (Å²) in [5, 5.41) is 0.946. The van der Waals surface area contributed by atoms with Gasteiger partial charge in [0.2, 0.25) is 10.0 Å². The van der Waals surface area contributed by atoms with Gasteiger partial charge in [-0.3, -0.25) is 9.69 Å². The van der Waals surface area contributed by atoms with Crippen molar-refractivity contribution in [3.05, 3.63) is 35.5 Å². The first-order chi connectivity index (χ1) is 11.3. The first-order valence-electron chi connectivity index (χ1n) is 8.09. The van der Waals surface area contributed by atoms with E-state index in [-0.39, 0.29) is 11.8 Å². The zero-order valence-electron chi connectivity index (χ0n) is 14.2. The number of aromatic nitrogens is 1. The van der Waals surface area contributed by atoms with Crippen molar-refractivity contribution >= 4 is 26.7 Å². The first kappa shape index (κ1) is 17.1. The molecule has 0 bridgehead atoms. The number of hydrogen-bond donors (Lipinski definition) is 1. The average molecular weight is 349 g/mol. The number of aryl methyl sites for hydroxylation is 1. The summed E-state index contributed by atoms with van der Waals surface area (Å²) in [5.74, 6) is 0.0813. The van der Waals surface area contributed by atoms with E-state index in [0.29, 0.717) is 26.2 Å². The number of piperazine rings is 1. The van der Waals surface area contributed by atoms with Crippen molar-refractivity contribution in [1.82, 2.24) is 14.2 Å². The number of hydrogen-bond acceptors (Lipinski definition) is 4. The Hall–Kier alpha value is -1.70. The predicted molar refractivity (Wildman–Crippen MR) is 94.8 cm³/mol. The average Bonchev–Trinajstić information content (AvgIpc) is 2.88. The van der Waals surface area contributed by atoms with Gasteiger partial charge < -0.3 is 4.98 Å². The molecule has 130 valence electrons. The monoisotopic (exact) mass is 349 g/mol. The number of Topliss-reactive ketones (excluding diaryl/α,β-unsaturated/α-hetero) is 1. The quantitative estimate of drug-likeness (QED) is 0.852. The lowest BCUT2D eigenvalue weighted by Crippen LogP contribution is -2.52. The fraction of sp³-hybridized carbons (Fsp3) is 0.471. The number of sulfonamides is 1. The van der Waals surface area contributed by atoms with Gasteiger partial charge in [-0.25, -0.2) is 8.42 Å². The number of H-pyrrole nitrogens is 1. The van der Waals surface area contributed by atoms with E-state index in [1.807, 2.05) is 38.1 Å². The molecule has 1 saturated heterocycles. The van der Waals surface area contributed by atoms with Crippen LogP contribution in [0.15, 0.2) is 24.3 Å². The number of carbonyl (C=O) groups excluding carboxylic acids is 1. The number of para-hydroxylation sites is 1. The van der Waals surface area contributed by atoms with Crippen molar-refractivity contribution in [1.29, 1.82) is 0 Å². The van der Waals surface area contributed by atoms with Crippen molar-refractivity contribution in [3.8, 4) is 0 Å². The van der Waals surface area contributed by atoms with E-state index in [4.69, 9.17) is 0 Å². The van der Waals surface area contributed by atoms with E-state index < -0.39 is 10.0 Å². The molecule has 0 amide bonds. The molecule has 1 aromatic carbocycles. The molecule has 2 aromatic rings. The topological polar surface area (TPSA) is 73.5 Å². The Bertz CT molecular complexity index is 864. The zero-order valence-corrected chi connectivity index (χ0v) is 15.1. The summed E-state index contributed by atoms with van der Waals surface area (Å²) in [5.41, 5.74) is 2.58. The van der Waals surface area contributed by atoms with Crippen LogP contribution in [0.3, 0.4) is 0 Å². The van der Waals surface area contributed by atoms with Gasteiger partial charge in [0.05, 0.1) is 12.3 Å². The fourth-order valence-corrected chi connectivity index (χ4v) is 4.22. The first-order valence-corrected chi connectivity index (χ1v) is 9.94. The Morgan fingerprint density at radius 3 is 2.42 bits per heavy atom. The highest BCUT2D eigenvalue weighted by Gasteiger charge is 2.30. The molecule has 1 fully saturated rings. The van der Waals surface area contributed by atoms with Crippen LogP contribution in [0.25, 0.3) is 10.9 Å². The van der Waals surface area contributed by atoms with Gasteiger partial charge in [-0.1, -0.05) is 18.2 Å². The van der Waals surface area contributed by atoms with Crippen LogP contribution in [0.4, 0.5) is 0 Å². The molecule has 0 aliphatic carbocycles. The van der Waals surface area contributed by atoms with Gasteiger partial charge in [0.1, 0.15) is 0 Å². The largest absolute Gasteiger partial charge is 0.358 e. The zero-order chi connectivity index (χ0) is 17.5. The van der Waals surface area contributed by atoms with Gasteiger partial charge in [0.15, 0.2) is 5.78 Å². The summed E-state index contributed by atoms with van der Waals surface area (Å²) in [7, 11) is -3.16. The highest BCUT2D eigenvalue weighted by Crippen LogP contribution is 2.24. The molecule has 1 aromatic heterocycles. The van der Waals surface area contributed by atoms with E-state index in [9.17, 15) is 13.2 Å². The Morgan fingerprint density at radius 2 is 1.79 bits per heavy atom. The molecule has 1 aliphatic heterocycles. The molecule has 1 aliphatic rings. The summed E-state index contributed by atoms with van der Waals surface area (Å²) in [6.07, 6.45) is 1.23. The van der Waals surface area contributed by atoms with Gasteiger partial charge in [0, 0.05) is 48.3 Å². The van der Waals surface area contributed by atoms with E-state index in [1.165, 1.54) is 10.6 Å². The maximum absolute atomic E-state index is 13.0. The third kappa shape index (κ3) is 3.11. The third-order valence-electron chi connectivity index (χ3n) is 4.81. The molecule has 1 N–H and O–H groups in total. The maximum atomic E-state index is 13.0. The van der Waals surface area contributed by atoms with Crippen molar-refractivity contribution in [3.63, 3.8) is 0 Å². The minimum absolute atomic E-state index is 0.0813. The predicted octanol–water partition coefficient (Wildman–Crippen LogP) is 1.62. The summed E-state index contributed by atoms with van der Waals surface area (Å²) in [4.78, 5) is 18.4. The number of fused-ring (bicyclic) bond motifs is 1. The van der Waals surface area contributed by atoms with E-state index in [2.05, 4.69) is 9.88 Å². The minimum Gasteiger partial charge on any atom is -0.358 e. The lowest BCUT2D eigenvalue weighted by molar-refractivity contribution is 0.0784. The highest BCUT2D eigenvalue weighted by molar-refractivity contribution is 7.88. The minimum atomic E-state index is -3.16. The molecule has 3 rings (SSSR count). The number of benzene rings is 1. The van der Waals surface area contributed by atoms with Crippen LogP contribution >= 0.6 is 0 Å². The molecule has 1 atom stereocenters. The Morgan fingerprint density at radius 1 is 1.17 bits per heavy atom. The molecule has 2 heterocycles. The molecule has 0 spiro atoms. The third-order valence-corrected chi connectivity index (χ3v) is 6.11. The second-order valence-electron chi connectivity index (χ2n) is 6.41. The molecule has 0 saturated carbocycles. The van der Waals surface area contributed by atoms with Crippen LogP contribution in [-0.4, -0.2) is 66.9 Å². The van der Waals surface area contributed by atoms with Gasteiger partial charge in [-0.15, -0.1) is 0 Å². The van der Waals surface area contributed by atoms with Crippen LogP contribution in [0.1, 0.15) is 23.0 Å². The summed E-state index contributed by atoms with van der Waals surface area (Å²) < 4.78 is 24.7. The van der Waals surface area contributed by atoms with E-state index >= 15 is 0 Å².